The van der Waals surface area contributed by atoms with E-state index in [9.17, 15) is 13.2 Å². The Balaban J connectivity index is 1.95. The van der Waals surface area contributed by atoms with Gasteiger partial charge in [0.25, 0.3) is 5.91 Å². The Labute approximate surface area is 124 Å². The highest BCUT2D eigenvalue weighted by Gasteiger charge is 2.15. The van der Waals surface area contributed by atoms with Crippen LogP contribution in [0.4, 0.5) is 11.4 Å². The molecule has 0 aliphatic carbocycles. The fourth-order valence-electron chi connectivity index (χ4n) is 1.96. The van der Waals surface area contributed by atoms with Gasteiger partial charge in [0.1, 0.15) is 0 Å². The van der Waals surface area contributed by atoms with Crippen molar-refractivity contribution in [2.75, 3.05) is 50.1 Å². The molecule has 0 radical (unpaired) electrons. The summed E-state index contributed by atoms with van der Waals surface area (Å²) in [4.78, 5) is 12.0. The molecule has 1 heterocycles. The number of nitrogens with one attached hydrogen (secondary N) is 3. The Morgan fingerprint density at radius 2 is 1.90 bits per heavy atom. The minimum absolute atomic E-state index is 0.0854. The first-order chi connectivity index (χ1) is 9.90. The number of rotatable bonds is 5. The van der Waals surface area contributed by atoms with Crippen molar-refractivity contribution in [3.05, 3.63) is 23.8 Å². The average Bonchev–Trinajstić information content (AvgIpc) is 2.46. The number of fused-ring (bicyclic) bond motifs is 1. The summed E-state index contributed by atoms with van der Waals surface area (Å²) < 4.78 is 24.3. The third-order valence-corrected chi connectivity index (χ3v) is 5.07. The minimum atomic E-state index is -3.29. The highest BCUT2D eigenvalue weighted by Crippen LogP contribution is 2.25. The zero-order valence-corrected chi connectivity index (χ0v) is 13.0. The third kappa shape index (κ3) is 3.85. The van der Waals surface area contributed by atoms with Crippen LogP contribution < -0.4 is 16.0 Å². The van der Waals surface area contributed by atoms with Gasteiger partial charge in [-0.05, 0) is 18.2 Å². The van der Waals surface area contributed by atoms with Crippen molar-refractivity contribution < 1.29 is 13.2 Å². The topological polar surface area (TPSA) is 90.5 Å². The van der Waals surface area contributed by atoms with E-state index in [0.29, 0.717) is 5.56 Å². The molecular weight excluding hydrogens is 292 g/mol. The summed E-state index contributed by atoms with van der Waals surface area (Å²) in [6.07, 6.45) is 0. The molecular formula is C13H20N4O3S. The van der Waals surface area contributed by atoms with Crippen molar-refractivity contribution >= 4 is 27.3 Å². The van der Waals surface area contributed by atoms with Crippen LogP contribution in [0.25, 0.3) is 0 Å². The highest BCUT2D eigenvalue weighted by molar-refractivity contribution is 7.89. The summed E-state index contributed by atoms with van der Waals surface area (Å²) in [7, 11) is -0.351. The van der Waals surface area contributed by atoms with Gasteiger partial charge in [0.05, 0.1) is 17.1 Å². The molecule has 0 aromatic heterocycles. The zero-order valence-electron chi connectivity index (χ0n) is 12.1. The van der Waals surface area contributed by atoms with Crippen molar-refractivity contribution in [2.24, 2.45) is 0 Å². The second-order valence-corrected chi connectivity index (χ2v) is 7.27. The molecule has 7 nitrogen and oxygen atoms in total. The molecule has 1 aromatic rings. The Hall–Kier alpha value is -1.80. The lowest BCUT2D eigenvalue weighted by molar-refractivity contribution is 0.0956. The highest BCUT2D eigenvalue weighted by atomic mass is 32.2. The van der Waals surface area contributed by atoms with E-state index in [1.807, 2.05) is 6.07 Å². The van der Waals surface area contributed by atoms with Gasteiger partial charge in [-0.25, -0.2) is 12.7 Å². The Bertz CT molecular complexity index is 628. The summed E-state index contributed by atoms with van der Waals surface area (Å²) in [5.74, 6) is -0.393. The molecule has 0 unspecified atom stereocenters. The molecule has 1 aliphatic heterocycles. The second-order valence-electron chi connectivity index (χ2n) is 4.97. The zero-order chi connectivity index (χ0) is 15.5. The standard InChI is InChI=1S/C13H20N4O3S/c1-17(2)21(19,20)8-7-16-13(18)10-3-4-11-12(9-10)15-6-5-14-11/h3-4,9,14-15H,5-8H2,1-2H3,(H,16,18). The van der Waals surface area contributed by atoms with Gasteiger partial charge in [0.2, 0.25) is 10.0 Å². The third-order valence-electron chi connectivity index (χ3n) is 3.24. The van der Waals surface area contributed by atoms with Crippen molar-refractivity contribution in [3.63, 3.8) is 0 Å². The van der Waals surface area contributed by atoms with E-state index in [0.717, 1.165) is 28.8 Å². The van der Waals surface area contributed by atoms with Crippen molar-refractivity contribution in [1.29, 1.82) is 0 Å². The molecule has 3 N–H and O–H groups in total. The van der Waals surface area contributed by atoms with E-state index < -0.39 is 10.0 Å². The molecule has 116 valence electrons. The monoisotopic (exact) mass is 312 g/mol. The van der Waals surface area contributed by atoms with Crippen molar-refractivity contribution in [2.45, 2.75) is 0 Å². The maximum atomic E-state index is 12.0. The fraction of sp³-hybridized carbons (Fsp3) is 0.462. The normalized spacial score (nSPS) is 14.0. The molecule has 1 aromatic carbocycles. The quantitative estimate of drug-likeness (QED) is 0.720. The number of nitrogens with zero attached hydrogens (tertiary/aromatic N) is 1. The van der Waals surface area contributed by atoms with Gasteiger partial charge in [-0.1, -0.05) is 0 Å². The summed E-state index contributed by atoms with van der Waals surface area (Å²) in [6.45, 7) is 1.74. The SMILES string of the molecule is CN(C)S(=O)(=O)CCNC(=O)c1ccc2c(c1)NCCN2. The smallest absolute Gasteiger partial charge is 0.251 e. The Kier molecular flexibility index (Phi) is 4.69. The molecule has 0 saturated carbocycles. The van der Waals surface area contributed by atoms with Crippen LogP contribution >= 0.6 is 0 Å². The van der Waals surface area contributed by atoms with E-state index in [1.54, 1.807) is 12.1 Å². The minimum Gasteiger partial charge on any atom is -0.382 e. The molecule has 8 heteroatoms. The lowest BCUT2D eigenvalue weighted by Gasteiger charge is -2.20. The number of hydrogen-bond acceptors (Lipinski definition) is 5. The summed E-state index contributed by atoms with van der Waals surface area (Å²) in [5, 5.41) is 9.06. The number of anilines is 2. The molecule has 0 bridgehead atoms. The van der Waals surface area contributed by atoms with Crippen molar-refractivity contribution in [1.82, 2.24) is 9.62 Å². The second kappa shape index (κ2) is 6.31. The summed E-state index contributed by atoms with van der Waals surface area (Å²) >= 11 is 0. The predicted octanol–water partition coefficient (Wildman–Crippen LogP) is 0.145. The molecule has 0 fully saturated rings. The van der Waals surface area contributed by atoms with Gasteiger partial charge in [-0.2, -0.15) is 0 Å². The number of amides is 1. The molecule has 0 atom stereocenters. The first kappa shape index (κ1) is 15.6. The van der Waals surface area contributed by atoms with E-state index in [2.05, 4.69) is 16.0 Å². The van der Waals surface area contributed by atoms with Crippen molar-refractivity contribution in [3.8, 4) is 0 Å². The number of benzene rings is 1. The first-order valence-corrected chi connectivity index (χ1v) is 8.31. The van der Waals surface area contributed by atoms with Gasteiger partial charge < -0.3 is 16.0 Å². The van der Waals surface area contributed by atoms with Crippen LogP contribution in [-0.4, -0.2) is 58.1 Å². The van der Waals surface area contributed by atoms with Crippen LogP contribution in [0.2, 0.25) is 0 Å². The van der Waals surface area contributed by atoms with Crippen LogP contribution in [0.1, 0.15) is 10.4 Å². The first-order valence-electron chi connectivity index (χ1n) is 6.70. The van der Waals surface area contributed by atoms with Gasteiger partial charge in [0, 0.05) is 39.3 Å². The van der Waals surface area contributed by atoms with Gasteiger partial charge in [-0.3, -0.25) is 4.79 Å². The van der Waals surface area contributed by atoms with E-state index >= 15 is 0 Å². The van der Waals surface area contributed by atoms with Crippen LogP contribution in [0.3, 0.4) is 0 Å². The van der Waals surface area contributed by atoms with E-state index in [-0.39, 0.29) is 18.2 Å². The van der Waals surface area contributed by atoms with Crippen LogP contribution in [0.15, 0.2) is 18.2 Å². The number of carbonyl (C=O) groups excluding carboxylic acids is 1. The Morgan fingerprint density at radius 3 is 2.57 bits per heavy atom. The van der Waals surface area contributed by atoms with Crippen LogP contribution in [-0.2, 0) is 10.0 Å². The predicted molar refractivity (Wildman–Crippen MR) is 83.2 cm³/mol. The van der Waals surface area contributed by atoms with E-state index in [1.165, 1.54) is 14.1 Å². The number of hydrogen-bond donors (Lipinski definition) is 3. The van der Waals surface area contributed by atoms with Gasteiger partial charge >= 0.3 is 0 Å². The fourth-order valence-corrected chi connectivity index (χ4v) is 2.68. The lowest BCUT2D eigenvalue weighted by atomic mass is 10.1. The largest absolute Gasteiger partial charge is 0.382 e. The summed E-state index contributed by atoms with van der Waals surface area (Å²) in [5.41, 5.74) is 2.36. The van der Waals surface area contributed by atoms with Crippen LogP contribution in [0, 0.1) is 0 Å². The molecule has 0 saturated heterocycles. The van der Waals surface area contributed by atoms with Gasteiger partial charge in [-0.15, -0.1) is 0 Å². The average molecular weight is 312 g/mol. The number of sulfonamides is 1. The van der Waals surface area contributed by atoms with Gasteiger partial charge in [0.15, 0.2) is 0 Å². The lowest BCUT2D eigenvalue weighted by Crippen LogP contribution is -2.34. The molecule has 0 spiro atoms. The maximum Gasteiger partial charge on any atom is 0.251 e. The van der Waals surface area contributed by atoms with Crippen LogP contribution in [0.5, 0.6) is 0 Å². The maximum absolute atomic E-state index is 12.0. The molecule has 2 rings (SSSR count). The van der Waals surface area contributed by atoms with E-state index in [4.69, 9.17) is 0 Å². The summed E-state index contributed by atoms with van der Waals surface area (Å²) in [6, 6.07) is 5.32. The molecule has 1 aliphatic rings. The Morgan fingerprint density at radius 1 is 1.24 bits per heavy atom. The molecule has 1 amide bonds. The molecule has 21 heavy (non-hydrogen) atoms. The number of carbonyl (C=O) groups is 1.